The van der Waals surface area contributed by atoms with E-state index >= 15 is 0 Å². The van der Waals surface area contributed by atoms with E-state index in [-0.39, 0.29) is 28.5 Å². The van der Waals surface area contributed by atoms with Gasteiger partial charge in [-0.05, 0) is 80.8 Å². The SMILES string of the molecule is Cc1cc(CC(=O)Nc2cnn(C(C)(C)C)c2)ccc1Oc1ccnc2ccc(S(=O)(=O)Cc3ccnnc3)cc12. The largest absolute Gasteiger partial charge is 0.456 e. The van der Waals surface area contributed by atoms with E-state index < -0.39 is 9.84 Å². The quantitative estimate of drug-likeness (QED) is 0.268. The predicted molar refractivity (Wildman–Crippen MR) is 155 cm³/mol. The Bertz CT molecular complexity index is 1830. The molecule has 0 aliphatic heterocycles. The number of hydrogen-bond acceptors (Lipinski definition) is 8. The van der Waals surface area contributed by atoms with Crippen LogP contribution in [0.3, 0.4) is 0 Å². The van der Waals surface area contributed by atoms with Gasteiger partial charge in [-0.1, -0.05) is 12.1 Å². The number of rotatable bonds is 8. The van der Waals surface area contributed by atoms with E-state index in [0.29, 0.717) is 33.7 Å². The zero-order valence-corrected chi connectivity index (χ0v) is 24.0. The van der Waals surface area contributed by atoms with Crippen molar-refractivity contribution in [3.63, 3.8) is 0 Å². The summed E-state index contributed by atoms with van der Waals surface area (Å²) in [5.41, 5.74) is 3.28. The molecule has 5 rings (SSSR count). The number of pyridine rings is 1. The molecule has 5 aromatic rings. The number of aromatic nitrogens is 5. The Morgan fingerprint density at radius 1 is 0.951 bits per heavy atom. The van der Waals surface area contributed by atoms with Crippen LogP contribution in [0.25, 0.3) is 10.9 Å². The van der Waals surface area contributed by atoms with E-state index in [1.165, 1.54) is 12.4 Å². The van der Waals surface area contributed by atoms with E-state index in [1.807, 2.05) is 46.0 Å². The van der Waals surface area contributed by atoms with E-state index in [4.69, 9.17) is 4.74 Å². The van der Waals surface area contributed by atoms with Crippen molar-refractivity contribution >= 4 is 32.3 Å². The summed E-state index contributed by atoms with van der Waals surface area (Å²) in [6.07, 6.45) is 8.15. The molecule has 1 N–H and O–H groups in total. The zero-order chi connectivity index (χ0) is 29.2. The Kier molecular flexibility index (Phi) is 7.55. The number of benzene rings is 2. The van der Waals surface area contributed by atoms with Gasteiger partial charge in [-0.15, -0.1) is 0 Å². The third-order valence-electron chi connectivity index (χ3n) is 6.41. The maximum absolute atomic E-state index is 13.1. The molecule has 0 saturated heterocycles. The van der Waals surface area contributed by atoms with E-state index in [2.05, 4.69) is 25.6 Å². The Morgan fingerprint density at radius 3 is 2.49 bits per heavy atom. The van der Waals surface area contributed by atoms with Crippen LogP contribution in [0, 0.1) is 6.92 Å². The van der Waals surface area contributed by atoms with Gasteiger partial charge in [-0.2, -0.15) is 15.3 Å². The number of aryl methyl sites for hydroxylation is 1. The molecule has 0 aliphatic rings. The molecular weight excluding hydrogens is 540 g/mol. The lowest BCUT2D eigenvalue weighted by molar-refractivity contribution is -0.115. The fraction of sp³-hybridized carbons (Fsp3) is 0.233. The highest BCUT2D eigenvalue weighted by molar-refractivity contribution is 7.90. The summed E-state index contributed by atoms with van der Waals surface area (Å²) < 4.78 is 34.3. The number of anilines is 1. The molecule has 0 atom stereocenters. The number of nitrogens with one attached hydrogen (secondary N) is 1. The number of sulfone groups is 1. The lowest BCUT2D eigenvalue weighted by Crippen LogP contribution is -2.22. The molecular formula is C30H30N6O4S. The first-order valence-corrected chi connectivity index (χ1v) is 14.6. The molecule has 3 aromatic heterocycles. The van der Waals surface area contributed by atoms with Crippen LogP contribution < -0.4 is 10.1 Å². The van der Waals surface area contributed by atoms with Gasteiger partial charge in [0.25, 0.3) is 0 Å². The topological polar surface area (TPSA) is 129 Å². The van der Waals surface area contributed by atoms with E-state index in [1.54, 1.807) is 53.5 Å². The lowest BCUT2D eigenvalue weighted by atomic mass is 10.1. The highest BCUT2D eigenvalue weighted by Crippen LogP contribution is 2.33. The molecule has 3 heterocycles. The fourth-order valence-electron chi connectivity index (χ4n) is 4.29. The Balaban J connectivity index is 1.32. The predicted octanol–water partition coefficient (Wildman–Crippen LogP) is 5.23. The van der Waals surface area contributed by atoms with E-state index in [9.17, 15) is 13.2 Å². The van der Waals surface area contributed by atoms with Crippen molar-refractivity contribution < 1.29 is 17.9 Å². The van der Waals surface area contributed by atoms with Crippen molar-refractivity contribution in [1.82, 2.24) is 25.0 Å². The Morgan fingerprint density at radius 2 is 1.78 bits per heavy atom. The molecule has 11 heteroatoms. The first-order valence-electron chi connectivity index (χ1n) is 13.0. The number of carbonyl (C=O) groups is 1. The Labute approximate surface area is 238 Å². The molecule has 10 nitrogen and oxygen atoms in total. The van der Waals surface area contributed by atoms with Crippen molar-refractivity contribution in [1.29, 1.82) is 0 Å². The fourth-order valence-corrected chi connectivity index (χ4v) is 5.64. The van der Waals surface area contributed by atoms with Crippen LogP contribution in [0.4, 0.5) is 5.69 Å². The molecule has 210 valence electrons. The molecule has 0 aliphatic carbocycles. The molecule has 0 spiro atoms. The monoisotopic (exact) mass is 570 g/mol. The van der Waals surface area contributed by atoms with Gasteiger partial charge in [0.15, 0.2) is 9.84 Å². The number of nitrogens with zero attached hydrogens (tertiary/aromatic N) is 5. The number of fused-ring (bicyclic) bond motifs is 1. The number of carbonyl (C=O) groups excluding carboxylic acids is 1. The molecule has 0 saturated carbocycles. The summed E-state index contributed by atoms with van der Waals surface area (Å²) in [5.74, 6) is 0.714. The van der Waals surface area contributed by atoms with Crippen LogP contribution in [0.5, 0.6) is 11.5 Å². The number of amides is 1. The van der Waals surface area contributed by atoms with Crippen molar-refractivity contribution in [2.75, 3.05) is 5.32 Å². The lowest BCUT2D eigenvalue weighted by Gasteiger charge is -2.18. The van der Waals surface area contributed by atoms with Crippen molar-refractivity contribution in [2.45, 2.75) is 50.3 Å². The number of ether oxygens (including phenoxy) is 1. The first-order chi connectivity index (χ1) is 19.5. The average Bonchev–Trinajstić information content (AvgIpc) is 3.39. The maximum atomic E-state index is 13.1. The standard InChI is InChI=1S/C30H30N6O4S/c1-20-13-21(14-29(37)35-23-17-34-36(18-23)30(2,3)4)5-8-27(20)40-28-10-11-31-26-7-6-24(15-25(26)28)41(38,39)19-22-9-12-32-33-16-22/h5-13,15-18H,14,19H2,1-4H3,(H,35,37). The first kappa shape index (κ1) is 27.9. The van der Waals surface area contributed by atoms with Gasteiger partial charge < -0.3 is 10.1 Å². The third-order valence-corrected chi connectivity index (χ3v) is 8.10. The smallest absolute Gasteiger partial charge is 0.228 e. The highest BCUT2D eigenvalue weighted by Gasteiger charge is 2.19. The third kappa shape index (κ3) is 6.58. The molecule has 2 aromatic carbocycles. The summed E-state index contributed by atoms with van der Waals surface area (Å²) in [4.78, 5) is 17.2. The Hall–Kier alpha value is -4.64. The molecule has 41 heavy (non-hydrogen) atoms. The van der Waals surface area contributed by atoms with Gasteiger partial charge in [0, 0.05) is 24.0 Å². The van der Waals surface area contributed by atoms with Crippen LogP contribution >= 0.6 is 0 Å². The second-order valence-corrected chi connectivity index (χ2v) is 12.8. The molecule has 0 unspecified atom stereocenters. The second kappa shape index (κ2) is 11.1. The summed E-state index contributed by atoms with van der Waals surface area (Å²) in [6.45, 7) is 8.01. The van der Waals surface area contributed by atoms with Gasteiger partial charge in [-0.3, -0.25) is 14.5 Å². The maximum Gasteiger partial charge on any atom is 0.228 e. The molecule has 0 bridgehead atoms. The summed E-state index contributed by atoms with van der Waals surface area (Å²) in [5, 5.41) is 15.2. The normalized spacial score (nSPS) is 11.9. The van der Waals surface area contributed by atoms with Crippen molar-refractivity contribution in [2.24, 2.45) is 0 Å². The van der Waals surface area contributed by atoms with Crippen LogP contribution in [-0.2, 0) is 32.3 Å². The van der Waals surface area contributed by atoms with Gasteiger partial charge >= 0.3 is 0 Å². The zero-order valence-electron chi connectivity index (χ0n) is 23.2. The van der Waals surface area contributed by atoms with Gasteiger partial charge in [-0.25, -0.2) is 8.42 Å². The highest BCUT2D eigenvalue weighted by atomic mass is 32.2. The molecule has 0 fully saturated rings. The van der Waals surface area contributed by atoms with Crippen LogP contribution in [0.1, 0.15) is 37.5 Å². The summed E-state index contributed by atoms with van der Waals surface area (Å²) >= 11 is 0. The minimum atomic E-state index is -3.64. The molecule has 0 radical (unpaired) electrons. The average molecular weight is 571 g/mol. The number of hydrogen-bond donors (Lipinski definition) is 1. The summed E-state index contributed by atoms with van der Waals surface area (Å²) in [7, 11) is -3.64. The summed E-state index contributed by atoms with van der Waals surface area (Å²) in [6, 6.07) is 13.7. The van der Waals surface area contributed by atoms with Gasteiger partial charge in [0.2, 0.25) is 5.91 Å². The second-order valence-electron chi connectivity index (χ2n) is 10.8. The van der Waals surface area contributed by atoms with E-state index in [0.717, 1.165) is 11.1 Å². The van der Waals surface area contributed by atoms with Crippen LogP contribution in [0.2, 0.25) is 0 Å². The molecule has 1 amide bonds. The van der Waals surface area contributed by atoms with Crippen LogP contribution in [-0.4, -0.2) is 39.3 Å². The van der Waals surface area contributed by atoms with Crippen molar-refractivity contribution in [3.05, 3.63) is 96.2 Å². The van der Waals surface area contributed by atoms with Gasteiger partial charge in [0.05, 0.1) is 46.2 Å². The minimum absolute atomic E-state index is 0.150. The van der Waals surface area contributed by atoms with Crippen molar-refractivity contribution in [3.8, 4) is 11.5 Å². The minimum Gasteiger partial charge on any atom is -0.456 e. The van der Waals surface area contributed by atoms with Gasteiger partial charge in [0.1, 0.15) is 11.5 Å². The van der Waals surface area contributed by atoms with Crippen LogP contribution in [0.15, 0.2) is 84.4 Å².